The van der Waals surface area contributed by atoms with Gasteiger partial charge in [-0.2, -0.15) is 0 Å². The predicted molar refractivity (Wildman–Crippen MR) is 83.6 cm³/mol. The molecule has 0 atom stereocenters. The van der Waals surface area contributed by atoms with Crippen LogP contribution in [0, 0.1) is 0 Å². The zero-order valence-electron chi connectivity index (χ0n) is 9.79. The summed E-state index contributed by atoms with van der Waals surface area (Å²) in [5.41, 5.74) is 7.89. The first-order valence-electron chi connectivity index (χ1n) is 5.37. The standard InChI is InChI=1S/C8H5BrN2.C5H5BrN2/c9-6-4-8-7(11-5-6)2-1-3-10-8;6-4-1-5(7)3-8-2-4/h1-5H;1-3H,7H2. The second-order valence-electron chi connectivity index (χ2n) is 3.63. The normalized spacial score (nSPS) is 9.79. The minimum Gasteiger partial charge on any atom is -0.397 e. The molecule has 96 valence electrons. The number of aromatic nitrogens is 3. The van der Waals surface area contributed by atoms with Crippen LogP contribution in [0.15, 0.2) is 58.0 Å². The van der Waals surface area contributed by atoms with Gasteiger partial charge in [0.05, 0.1) is 16.7 Å². The van der Waals surface area contributed by atoms with Crippen molar-refractivity contribution in [1.29, 1.82) is 0 Å². The zero-order chi connectivity index (χ0) is 13.7. The molecule has 0 saturated heterocycles. The number of pyridine rings is 3. The molecule has 0 fully saturated rings. The SMILES string of the molecule is Brc1cnc2cccnc2c1.Nc1cncc(Br)c1. The number of nitrogen functional groups attached to an aromatic ring is 1. The lowest BCUT2D eigenvalue weighted by Gasteiger charge is -1.94. The third-order valence-corrected chi connectivity index (χ3v) is 3.01. The Morgan fingerprint density at radius 1 is 0.895 bits per heavy atom. The fourth-order valence-corrected chi connectivity index (χ4v) is 2.06. The van der Waals surface area contributed by atoms with Gasteiger partial charge in [0.2, 0.25) is 0 Å². The van der Waals surface area contributed by atoms with Crippen LogP contribution in [-0.2, 0) is 0 Å². The van der Waals surface area contributed by atoms with E-state index < -0.39 is 0 Å². The zero-order valence-corrected chi connectivity index (χ0v) is 13.0. The minimum atomic E-state index is 0.680. The molecule has 3 aromatic rings. The molecule has 3 heterocycles. The second-order valence-corrected chi connectivity index (χ2v) is 5.46. The molecule has 6 heteroatoms. The molecule has 0 aliphatic carbocycles. The monoisotopic (exact) mass is 380 g/mol. The summed E-state index contributed by atoms with van der Waals surface area (Å²) in [5, 5.41) is 0. The van der Waals surface area contributed by atoms with Crippen molar-refractivity contribution in [2.75, 3.05) is 5.73 Å². The largest absolute Gasteiger partial charge is 0.397 e. The molecule has 0 bridgehead atoms. The van der Waals surface area contributed by atoms with Crippen molar-refractivity contribution in [3.8, 4) is 0 Å². The molecule has 0 radical (unpaired) electrons. The highest BCUT2D eigenvalue weighted by molar-refractivity contribution is 9.10. The third-order valence-electron chi connectivity index (χ3n) is 2.14. The summed E-state index contributed by atoms with van der Waals surface area (Å²) in [7, 11) is 0. The van der Waals surface area contributed by atoms with E-state index in [9.17, 15) is 0 Å². The van der Waals surface area contributed by atoms with E-state index in [1.807, 2.05) is 18.2 Å². The van der Waals surface area contributed by atoms with E-state index in [1.54, 1.807) is 30.9 Å². The van der Waals surface area contributed by atoms with Crippen LogP contribution in [0.2, 0.25) is 0 Å². The maximum absolute atomic E-state index is 5.37. The van der Waals surface area contributed by atoms with Crippen molar-refractivity contribution in [2.24, 2.45) is 0 Å². The Hall–Kier alpha value is -1.53. The van der Waals surface area contributed by atoms with E-state index in [2.05, 4.69) is 46.8 Å². The molecule has 0 aliphatic heterocycles. The fourth-order valence-electron chi connectivity index (χ4n) is 1.36. The first-order chi connectivity index (χ1) is 9.15. The Labute approximate surface area is 127 Å². The molecular formula is C13H10Br2N4. The number of anilines is 1. The van der Waals surface area contributed by atoms with Gasteiger partial charge >= 0.3 is 0 Å². The molecule has 3 rings (SSSR count). The summed E-state index contributed by atoms with van der Waals surface area (Å²) < 4.78 is 1.88. The molecule has 4 nitrogen and oxygen atoms in total. The number of nitrogens with two attached hydrogens (primary N) is 1. The van der Waals surface area contributed by atoms with E-state index in [4.69, 9.17) is 5.73 Å². The average Bonchev–Trinajstić information content (AvgIpc) is 2.39. The van der Waals surface area contributed by atoms with Crippen LogP contribution in [0.1, 0.15) is 0 Å². The number of hydrogen-bond acceptors (Lipinski definition) is 4. The van der Waals surface area contributed by atoms with Crippen molar-refractivity contribution >= 4 is 48.6 Å². The van der Waals surface area contributed by atoms with Crippen LogP contribution in [0.5, 0.6) is 0 Å². The average molecular weight is 382 g/mol. The topological polar surface area (TPSA) is 64.7 Å². The van der Waals surface area contributed by atoms with Gasteiger partial charge in [0.15, 0.2) is 0 Å². The van der Waals surface area contributed by atoms with Crippen LogP contribution in [0.3, 0.4) is 0 Å². The van der Waals surface area contributed by atoms with Crippen LogP contribution in [0.25, 0.3) is 11.0 Å². The fraction of sp³-hybridized carbons (Fsp3) is 0. The van der Waals surface area contributed by atoms with Gasteiger partial charge in [-0.3, -0.25) is 15.0 Å². The number of nitrogens with zero attached hydrogens (tertiary/aromatic N) is 3. The van der Waals surface area contributed by atoms with Gasteiger partial charge in [0.1, 0.15) is 0 Å². The molecule has 0 saturated carbocycles. The molecule has 0 spiro atoms. The van der Waals surface area contributed by atoms with Crippen LogP contribution >= 0.6 is 31.9 Å². The lowest BCUT2D eigenvalue weighted by atomic mass is 10.3. The summed E-state index contributed by atoms with van der Waals surface area (Å²) in [6, 6.07) is 7.56. The van der Waals surface area contributed by atoms with Crippen molar-refractivity contribution in [3.05, 3.63) is 58.0 Å². The highest BCUT2D eigenvalue weighted by Crippen LogP contribution is 2.13. The summed E-state index contributed by atoms with van der Waals surface area (Å²) >= 11 is 6.55. The van der Waals surface area contributed by atoms with Gasteiger partial charge in [-0.1, -0.05) is 0 Å². The van der Waals surface area contributed by atoms with Crippen LogP contribution in [-0.4, -0.2) is 15.0 Å². The second kappa shape index (κ2) is 6.58. The van der Waals surface area contributed by atoms with Crippen molar-refractivity contribution in [1.82, 2.24) is 15.0 Å². The number of fused-ring (bicyclic) bond motifs is 1. The molecule has 0 aromatic carbocycles. The lowest BCUT2D eigenvalue weighted by Crippen LogP contribution is -1.83. The quantitative estimate of drug-likeness (QED) is 0.642. The summed E-state index contributed by atoms with van der Waals surface area (Å²) in [6.45, 7) is 0. The van der Waals surface area contributed by atoms with Gasteiger partial charge in [0, 0.05) is 33.7 Å². The number of hydrogen-bond donors (Lipinski definition) is 1. The Balaban J connectivity index is 0.000000148. The maximum atomic E-state index is 5.37. The highest BCUT2D eigenvalue weighted by atomic mass is 79.9. The van der Waals surface area contributed by atoms with E-state index >= 15 is 0 Å². The summed E-state index contributed by atoms with van der Waals surface area (Å²) in [6.07, 6.45) is 6.82. The molecule has 0 aliphatic rings. The van der Waals surface area contributed by atoms with E-state index in [1.165, 1.54) is 0 Å². The van der Waals surface area contributed by atoms with Crippen molar-refractivity contribution < 1.29 is 0 Å². The molecule has 0 unspecified atom stereocenters. The van der Waals surface area contributed by atoms with Gasteiger partial charge in [0.25, 0.3) is 0 Å². The summed E-state index contributed by atoms with van der Waals surface area (Å²) in [5.74, 6) is 0. The van der Waals surface area contributed by atoms with E-state index in [0.29, 0.717) is 5.69 Å². The Morgan fingerprint density at radius 3 is 2.37 bits per heavy atom. The predicted octanol–water partition coefficient (Wildman–Crippen LogP) is 3.82. The number of halogens is 2. The molecule has 0 amide bonds. The first-order valence-corrected chi connectivity index (χ1v) is 6.96. The first kappa shape index (κ1) is 13.9. The van der Waals surface area contributed by atoms with E-state index in [0.717, 1.165) is 20.0 Å². The smallest absolute Gasteiger partial charge is 0.0897 e. The Kier molecular flexibility index (Phi) is 4.81. The van der Waals surface area contributed by atoms with Crippen molar-refractivity contribution in [3.63, 3.8) is 0 Å². The lowest BCUT2D eigenvalue weighted by molar-refractivity contribution is 1.31. The molecule has 3 aromatic heterocycles. The Morgan fingerprint density at radius 2 is 1.68 bits per heavy atom. The van der Waals surface area contributed by atoms with Crippen LogP contribution < -0.4 is 5.73 Å². The third kappa shape index (κ3) is 4.25. The van der Waals surface area contributed by atoms with Gasteiger partial charge in [-0.25, -0.2) is 0 Å². The van der Waals surface area contributed by atoms with E-state index in [-0.39, 0.29) is 0 Å². The molecule has 2 N–H and O–H groups in total. The Bertz CT molecular complexity index is 671. The minimum absolute atomic E-state index is 0.680. The van der Waals surface area contributed by atoms with Crippen LogP contribution in [0.4, 0.5) is 5.69 Å². The maximum Gasteiger partial charge on any atom is 0.0897 e. The molecular weight excluding hydrogens is 372 g/mol. The van der Waals surface area contributed by atoms with Crippen molar-refractivity contribution in [2.45, 2.75) is 0 Å². The molecule has 19 heavy (non-hydrogen) atoms. The van der Waals surface area contributed by atoms with Gasteiger partial charge in [-0.05, 0) is 56.1 Å². The number of rotatable bonds is 0. The van der Waals surface area contributed by atoms with Gasteiger partial charge < -0.3 is 5.73 Å². The van der Waals surface area contributed by atoms with Gasteiger partial charge in [-0.15, -0.1) is 0 Å². The summed E-state index contributed by atoms with van der Waals surface area (Å²) in [4.78, 5) is 12.1. The highest BCUT2D eigenvalue weighted by Gasteiger charge is 1.93.